The number of unbranched alkanes of at least 4 members (excludes halogenated alkanes) is 2. The molecular formula is C40H59BN4O2. The number of hydrogen-bond acceptors (Lipinski definition) is 4. The molecular weight excluding hydrogens is 579 g/mol. The molecule has 6 nitrogen and oxygen atoms in total. The van der Waals surface area contributed by atoms with Crippen molar-refractivity contribution in [2.24, 2.45) is 0 Å². The van der Waals surface area contributed by atoms with E-state index in [4.69, 9.17) is 12.9 Å². The van der Waals surface area contributed by atoms with Crippen molar-refractivity contribution >= 4 is 36.4 Å². The third-order valence-electron chi connectivity index (χ3n) is 7.82. The summed E-state index contributed by atoms with van der Waals surface area (Å²) < 4.78 is 1.79. The Hall–Kier alpha value is -3.71. The Balaban J connectivity index is 0.000000672. The number of hydrogen-bond donors (Lipinski definition) is 0. The average Bonchev–Trinajstić information content (AvgIpc) is 3.71. The molecule has 0 bridgehead atoms. The molecule has 2 aromatic carbocycles. The van der Waals surface area contributed by atoms with Crippen LogP contribution in [0.25, 0.3) is 5.70 Å². The quantitative estimate of drug-likeness (QED) is 0.0863. The first-order valence-electron chi connectivity index (χ1n) is 17.6. The predicted molar refractivity (Wildman–Crippen MR) is 204 cm³/mol. The first-order valence-corrected chi connectivity index (χ1v) is 17.6. The number of allylic oxidation sites excluding steroid dienone is 2. The molecule has 0 unspecified atom stereocenters. The SMILES string of the molecule is CC.CC.CCCCCN(C)CCC.[B]c1cc(/C(=C/C=C)n2nc(C(=O)N3CCc4ccc(C(C)=O)cc43)cc2CC)ccc1C. The summed E-state index contributed by atoms with van der Waals surface area (Å²) in [7, 11) is 8.36. The van der Waals surface area contributed by atoms with Crippen LogP contribution in [0.1, 0.15) is 124 Å². The number of fused-ring (bicyclic) bond motifs is 1. The van der Waals surface area contributed by atoms with Gasteiger partial charge in [0.2, 0.25) is 0 Å². The second-order valence-electron chi connectivity index (χ2n) is 11.3. The van der Waals surface area contributed by atoms with Crippen LogP contribution in [0.4, 0.5) is 5.69 Å². The van der Waals surface area contributed by atoms with Gasteiger partial charge in [0.15, 0.2) is 11.5 Å². The molecule has 0 N–H and O–H groups in total. The van der Waals surface area contributed by atoms with Gasteiger partial charge in [0.25, 0.3) is 5.91 Å². The largest absolute Gasteiger partial charge is 0.306 e. The average molecular weight is 639 g/mol. The molecule has 0 aliphatic carbocycles. The maximum Gasteiger partial charge on any atom is 0.278 e. The van der Waals surface area contributed by atoms with Crippen molar-refractivity contribution in [2.75, 3.05) is 31.6 Å². The Morgan fingerprint density at radius 3 is 2.21 bits per heavy atom. The summed E-state index contributed by atoms with van der Waals surface area (Å²) in [5, 5.41) is 4.71. The van der Waals surface area contributed by atoms with E-state index in [1.165, 1.54) is 45.7 Å². The van der Waals surface area contributed by atoms with E-state index < -0.39 is 0 Å². The summed E-state index contributed by atoms with van der Waals surface area (Å²) in [4.78, 5) is 29.5. The maximum absolute atomic E-state index is 13.5. The molecule has 3 aromatic rings. The van der Waals surface area contributed by atoms with Crippen molar-refractivity contribution in [3.05, 3.63) is 94.8 Å². The van der Waals surface area contributed by atoms with E-state index in [-0.39, 0.29) is 11.7 Å². The standard InChI is InChI=1S/C27H26BN3O2.C9H21N.2C2H6/c1-5-7-25(21-9-8-17(3)23(28)14-21)31-22(6-2)16-24(29-31)27(33)30-13-12-19-10-11-20(18(4)32)15-26(19)30;1-4-6-7-9-10(3)8-5-2;2*1-2/h5,7-11,14-16H,1,6,12-13H2,2-4H3;4-9H2,1-3H3;2*1-2H3/b25-7-;;;. The second-order valence-corrected chi connectivity index (χ2v) is 11.3. The van der Waals surface area contributed by atoms with E-state index in [9.17, 15) is 9.59 Å². The number of carbonyl (C=O) groups is 2. The van der Waals surface area contributed by atoms with Crippen LogP contribution >= 0.6 is 0 Å². The Morgan fingerprint density at radius 1 is 0.957 bits per heavy atom. The third kappa shape index (κ3) is 11.8. The van der Waals surface area contributed by atoms with Gasteiger partial charge in [-0.1, -0.05) is 115 Å². The summed E-state index contributed by atoms with van der Waals surface area (Å²) in [5.74, 6) is -0.199. The van der Waals surface area contributed by atoms with Crippen LogP contribution in [0.15, 0.2) is 61.2 Å². The molecule has 47 heavy (non-hydrogen) atoms. The van der Waals surface area contributed by atoms with Crippen molar-refractivity contribution in [3.63, 3.8) is 0 Å². The van der Waals surface area contributed by atoms with E-state index in [0.717, 1.165) is 40.2 Å². The summed E-state index contributed by atoms with van der Waals surface area (Å²) in [6, 6.07) is 13.3. The molecule has 7 heteroatoms. The minimum Gasteiger partial charge on any atom is -0.306 e. The molecule has 0 saturated heterocycles. The Morgan fingerprint density at radius 2 is 1.64 bits per heavy atom. The van der Waals surface area contributed by atoms with Crippen LogP contribution in [0, 0.1) is 6.92 Å². The van der Waals surface area contributed by atoms with E-state index in [0.29, 0.717) is 29.7 Å². The van der Waals surface area contributed by atoms with Crippen molar-refractivity contribution in [1.82, 2.24) is 14.7 Å². The lowest BCUT2D eigenvalue weighted by Gasteiger charge is -2.16. The lowest BCUT2D eigenvalue weighted by Crippen LogP contribution is -2.29. The minimum atomic E-state index is -0.177. The fourth-order valence-corrected chi connectivity index (χ4v) is 5.26. The number of rotatable bonds is 12. The Bertz CT molecular complexity index is 1460. The van der Waals surface area contributed by atoms with Crippen molar-refractivity contribution in [2.45, 2.75) is 101 Å². The normalized spacial score (nSPS) is 11.8. The van der Waals surface area contributed by atoms with E-state index >= 15 is 0 Å². The van der Waals surface area contributed by atoms with Crippen LogP contribution in [0.3, 0.4) is 0 Å². The van der Waals surface area contributed by atoms with Gasteiger partial charge in [-0.3, -0.25) is 9.59 Å². The highest BCUT2D eigenvalue weighted by Gasteiger charge is 2.29. The lowest BCUT2D eigenvalue weighted by atomic mass is 9.89. The number of aromatic nitrogens is 2. The van der Waals surface area contributed by atoms with Gasteiger partial charge in [-0.2, -0.15) is 5.10 Å². The molecule has 1 aliphatic heterocycles. The molecule has 0 saturated carbocycles. The number of amides is 1. The molecule has 4 rings (SSSR count). The molecule has 2 heterocycles. The minimum absolute atomic E-state index is 0.0220. The fourth-order valence-electron chi connectivity index (χ4n) is 5.26. The summed E-state index contributed by atoms with van der Waals surface area (Å²) in [5.41, 5.74) is 7.10. The summed E-state index contributed by atoms with van der Waals surface area (Å²) in [6.45, 7) is 24.9. The lowest BCUT2D eigenvalue weighted by molar-refractivity contribution is 0.0980. The summed E-state index contributed by atoms with van der Waals surface area (Å²) in [6.07, 6.45) is 10.4. The molecule has 254 valence electrons. The van der Waals surface area contributed by atoms with E-state index in [1.807, 2.05) is 84.0 Å². The van der Waals surface area contributed by atoms with E-state index in [1.54, 1.807) is 21.7 Å². The Kier molecular flexibility index (Phi) is 19.3. The van der Waals surface area contributed by atoms with Gasteiger partial charge in [-0.05, 0) is 89.0 Å². The molecule has 1 amide bonds. The third-order valence-corrected chi connectivity index (χ3v) is 7.82. The van der Waals surface area contributed by atoms with Crippen LogP contribution in [0.5, 0.6) is 0 Å². The van der Waals surface area contributed by atoms with Crippen molar-refractivity contribution < 1.29 is 9.59 Å². The summed E-state index contributed by atoms with van der Waals surface area (Å²) >= 11 is 0. The van der Waals surface area contributed by atoms with Gasteiger partial charge >= 0.3 is 0 Å². The van der Waals surface area contributed by atoms with Gasteiger partial charge in [-0.15, -0.1) is 0 Å². The van der Waals surface area contributed by atoms with Gasteiger partial charge in [0.05, 0.1) is 5.70 Å². The maximum atomic E-state index is 13.5. The Labute approximate surface area is 287 Å². The van der Waals surface area contributed by atoms with Crippen LogP contribution in [-0.2, 0) is 12.8 Å². The van der Waals surface area contributed by atoms with Gasteiger partial charge in [0.1, 0.15) is 7.85 Å². The molecule has 1 aliphatic rings. The predicted octanol–water partition coefficient (Wildman–Crippen LogP) is 8.60. The number of anilines is 1. The topological polar surface area (TPSA) is 58.4 Å². The zero-order valence-corrected chi connectivity index (χ0v) is 30.9. The van der Waals surface area contributed by atoms with E-state index in [2.05, 4.69) is 32.4 Å². The van der Waals surface area contributed by atoms with Crippen LogP contribution in [-0.4, -0.2) is 60.9 Å². The molecule has 2 radical (unpaired) electrons. The van der Waals surface area contributed by atoms with Gasteiger partial charge < -0.3 is 9.80 Å². The second kappa shape index (κ2) is 22.0. The number of aryl methyl sites for hydroxylation is 2. The fraction of sp³-hybridized carbons (Fsp3) is 0.475. The number of nitrogens with zero attached hydrogens (tertiary/aromatic N) is 4. The first-order chi connectivity index (χ1) is 22.6. The smallest absolute Gasteiger partial charge is 0.278 e. The highest BCUT2D eigenvalue weighted by molar-refractivity contribution is 6.33. The number of benzene rings is 2. The highest BCUT2D eigenvalue weighted by Crippen LogP contribution is 2.31. The van der Waals surface area contributed by atoms with Gasteiger partial charge in [-0.25, -0.2) is 4.68 Å². The highest BCUT2D eigenvalue weighted by atomic mass is 16.2. The monoisotopic (exact) mass is 638 g/mol. The van der Waals surface area contributed by atoms with Crippen LogP contribution in [0.2, 0.25) is 0 Å². The van der Waals surface area contributed by atoms with Crippen molar-refractivity contribution in [1.29, 1.82) is 0 Å². The van der Waals surface area contributed by atoms with Crippen molar-refractivity contribution in [3.8, 4) is 0 Å². The number of Topliss-reactive ketones (excluding diaryl/α,β-unsaturated/α-hetero) is 1. The molecule has 1 aromatic heterocycles. The number of carbonyl (C=O) groups excluding carboxylic acids is 2. The first kappa shape index (κ1) is 41.3. The zero-order chi connectivity index (χ0) is 35.5. The molecule has 0 fully saturated rings. The molecule has 0 spiro atoms. The number of ketones is 1. The zero-order valence-electron chi connectivity index (χ0n) is 30.9. The van der Waals surface area contributed by atoms with Crippen LogP contribution < -0.4 is 10.4 Å². The van der Waals surface area contributed by atoms with Gasteiger partial charge in [0, 0.05) is 23.5 Å². The molecule has 0 atom stereocenters.